The van der Waals surface area contributed by atoms with Crippen molar-refractivity contribution in [2.24, 2.45) is 0 Å². The number of halogens is 4. The molecular weight excluding hydrogens is 376 g/mol. The molecule has 1 amide bonds. The van der Waals surface area contributed by atoms with E-state index in [-0.39, 0.29) is 18.1 Å². The number of rotatable bonds is 5. The zero-order valence-corrected chi connectivity index (χ0v) is 14.3. The zero-order chi connectivity index (χ0) is 20.1. The Morgan fingerprint density at radius 2 is 1.71 bits per heavy atom. The molecule has 0 radical (unpaired) electrons. The fourth-order valence-electron chi connectivity index (χ4n) is 2.35. The first-order chi connectivity index (χ1) is 13.3. The molecule has 3 aromatic rings. The maximum absolute atomic E-state index is 13.6. The lowest BCUT2D eigenvalue weighted by molar-refractivity contribution is -0.137. The van der Waals surface area contributed by atoms with Gasteiger partial charge in [-0.15, -0.1) is 0 Å². The predicted molar refractivity (Wildman–Crippen MR) is 94.3 cm³/mol. The third-order valence-corrected chi connectivity index (χ3v) is 3.78. The molecule has 0 bridgehead atoms. The van der Waals surface area contributed by atoms with E-state index in [0.29, 0.717) is 11.3 Å². The van der Waals surface area contributed by atoms with Gasteiger partial charge in [0.25, 0.3) is 5.91 Å². The fraction of sp³-hybridized carbons (Fsp3) is 0.105. The maximum Gasteiger partial charge on any atom is 0.416 e. The van der Waals surface area contributed by atoms with Crippen LogP contribution in [0.3, 0.4) is 0 Å². The third kappa shape index (κ3) is 4.81. The van der Waals surface area contributed by atoms with Crippen LogP contribution in [-0.4, -0.2) is 15.9 Å². The Kier molecular flexibility index (Phi) is 5.53. The normalized spacial score (nSPS) is 11.1. The minimum Gasteiger partial charge on any atom is -0.347 e. The summed E-state index contributed by atoms with van der Waals surface area (Å²) in [4.78, 5) is 20.0. The summed E-state index contributed by atoms with van der Waals surface area (Å²) >= 11 is 0. The minimum absolute atomic E-state index is 0.0167. The number of amides is 1. The van der Waals surface area contributed by atoms with E-state index in [9.17, 15) is 22.4 Å². The highest BCUT2D eigenvalue weighted by atomic mass is 19.4. The van der Waals surface area contributed by atoms with E-state index in [1.54, 1.807) is 18.2 Å². The minimum atomic E-state index is -4.42. The Morgan fingerprint density at radius 1 is 1.00 bits per heavy atom. The summed E-state index contributed by atoms with van der Waals surface area (Å²) in [6.45, 7) is -0.0167. The van der Waals surface area contributed by atoms with Crippen LogP contribution in [0, 0.1) is 5.82 Å². The second-order valence-electron chi connectivity index (χ2n) is 5.76. The Hall–Kier alpha value is -3.49. The van der Waals surface area contributed by atoms with Crippen molar-refractivity contribution in [3.63, 3.8) is 0 Å². The summed E-state index contributed by atoms with van der Waals surface area (Å²) in [5.41, 5.74) is -0.0490. The number of hydrogen-bond donors (Lipinski definition) is 2. The summed E-state index contributed by atoms with van der Waals surface area (Å²) in [6, 6.07) is 11.8. The molecule has 28 heavy (non-hydrogen) atoms. The summed E-state index contributed by atoms with van der Waals surface area (Å²) in [6.07, 6.45) is -3.28. The van der Waals surface area contributed by atoms with Crippen molar-refractivity contribution < 1.29 is 22.4 Å². The van der Waals surface area contributed by atoms with Crippen LogP contribution < -0.4 is 10.6 Å². The van der Waals surface area contributed by atoms with Crippen LogP contribution >= 0.6 is 0 Å². The zero-order valence-electron chi connectivity index (χ0n) is 14.3. The molecule has 0 aliphatic rings. The van der Waals surface area contributed by atoms with Crippen molar-refractivity contribution in [2.75, 3.05) is 5.32 Å². The molecule has 9 heteroatoms. The van der Waals surface area contributed by atoms with Gasteiger partial charge >= 0.3 is 6.18 Å². The second-order valence-corrected chi connectivity index (χ2v) is 5.76. The van der Waals surface area contributed by atoms with Gasteiger partial charge in [0.2, 0.25) is 0 Å². The molecule has 0 saturated heterocycles. The first kappa shape index (κ1) is 19.3. The van der Waals surface area contributed by atoms with Gasteiger partial charge in [-0.25, -0.2) is 14.4 Å². The van der Waals surface area contributed by atoms with Crippen molar-refractivity contribution in [2.45, 2.75) is 12.7 Å². The molecule has 0 fully saturated rings. The number of nitrogens with zero attached hydrogens (tertiary/aromatic N) is 2. The van der Waals surface area contributed by atoms with Crippen molar-refractivity contribution in [1.29, 1.82) is 0 Å². The van der Waals surface area contributed by atoms with E-state index in [0.717, 1.165) is 18.5 Å². The predicted octanol–water partition coefficient (Wildman–Crippen LogP) is 4.31. The molecule has 3 rings (SSSR count). The van der Waals surface area contributed by atoms with E-state index < -0.39 is 23.5 Å². The molecule has 1 aromatic heterocycles. The number of nitrogens with one attached hydrogen (secondary N) is 2. The fourth-order valence-corrected chi connectivity index (χ4v) is 2.35. The number of carbonyl (C=O) groups is 1. The largest absolute Gasteiger partial charge is 0.416 e. The number of aromatic nitrogens is 2. The van der Waals surface area contributed by atoms with Gasteiger partial charge < -0.3 is 10.6 Å². The smallest absolute Gasteiger partial charge is 0.347 e. The molecule has 0 aliphatic heterocycles. The van der Waals surface area contributed by atoms with Gasteiger partial charge in [-0.05, 0) is 30.3 Å². The van der Waals surface area contributed by atoms with Crippen molar-refractivity contribution in [1.82, 2.24) is 15.3 Å². The first-order valence-electron chi connectivity index (χ1n) is 8.11. The highest BCUT2D eigenvalue weighted by Crippen LogP contribution is 2.30. The number of anilines is 2. The molecule has 2 aromatic carbocycles. The van der Waals surface area contributed by atoms with Crippen molar-refractivity contribution in [3.8, 4) is 0 Å². The highest BCUT2D eigenvalue weighted by molar-refractivity contribution is 5.92. The van der Waals surface area contributed by atoms with Crippen LogP contribution in [0.4, 0.5) is 29.1 Å². The molecule has 2 N–H and O–H groups in total. The van der Waals surface area contributed by atoms with E-state index in [2.05, 4.69) is 20.6 Å². The second kappa shape index (κ2) is 8.03. The van der Waals surface area contributed by atoms with E-state index >= 15 is 0 Å². The molecule has 1 heterocycles. The summed E-state index contributed by atoms with van der Waals surface area (Å²) in [7, 11) is 0. The van der Waals surface area contributed by atoms with Gasteiger partial charge in [0.1, 0.15) is 23.7 Å². The number of benzene rings is 2. The van der Waals surface area contributed by atoms with E-state index in [1.165, 1.54) is 24.3 Å². The quantitative estimate of drug-likeness (QED) is 0.638. The Labute approximate surface area is 157 Å². The van der Waals surface area contributed by atoms with Crippen LogP contribution in [0.2, 0.25) is 0 Å². The van der Waals surface area contributed by atoms with Crippen LogP contribution in [0.15, 0.2) is 60.9 Å². The van der Waals surface area contributed by atoms with Crippen LogP contribution in [0.1, 0.15) is 21.6 Å². The summed E-state index contributed by atoms with van der Waals surface area (Å²) in [5.74, 6) is -0.748. The highest BCUT2D eigenvalue weighted by Gasteiger charge is 2.29. The van der Waals surface area contributed by atoms with E-state index in [1.807, 2.05) is 0 Å². The molecule has 0 saturated carbocycles. The molecule has 0 atom stereocenters. The summed E-state index contributed by atoms with van der Waals surface area (Å²) in [5, 5.41) is 5.35. The lowest BCUT2D eigenvalue weighted by atomic mass is 10.2. The van der Waals surface area contributed by atoms with Crippen molar-refractivity contribution in [3.05, 3.63) is 83.6 Å². The average Bonchev–Trinajstić information content (AvgIpc) is 2.67. The van der Waals surface area contributed by atoms with Gasteiger partial charge in [-0.3, -0.25) is 4.79 Å². The average molecular weight is 390 g/mol. The number of hydrogen-bond acceptors (Lipinski definition) is 4. The number of carbonyl (C=O) groups excluding carboxylic acids is 1. The molecule has 0 aliphatic carbocycles. The van der Waals surface area contributed by atoms with Gasteiger partial charge in [-0.1, -0.05) is 18.2 Å². The maximum atomic E-state index is 13.6. The summed E-state index contributed by atoms with van der Waals surface area (Å²) < 4.78 is 51.4. The molecule has 5 nitrogen and oxygen atoms in total. The van der Waals surface area contributed by atoms with Crippen LogP contribution in [0.5, 0.6) is 0 Å². The standard InChI is InChI=1S/C19H14F4N4O/c20-15-4-2-1-3-12(15)10-24-18(28)16-9-17(26-11-25-16)27-14-7-5-13(6-8-14)19(21,22)23/h1-9,11H,10H2,(H,24,28)(H,25,26,27). The number of alkyl halides is 3. The van der Waals surface area contributed by atoms with Gasteiger partial charge in [0.15, 0.2) is 0 Å². The SMILES string of the molecule is O=C(NCc1ccccc1F)c1cc(Nc2ccc(C(F)(F)F)cc2)ncn1. The van der Waals surface area contributed by atoms with Gasteiger partial charge in [0, 0.05) is 23.9 Å². The molecule has 0 unspecified atom stereocenters. The molecular formula is C19H14F4N4O. The van der Waals surface area contributed by atoms with Crippen LogP contribution in [-0.2, 0) is 12.7 Å². The lowest BCUT2D eigenvalue weighted by Crippen LogP contribution is -2.24. The van der Waals surface area contributed by atoms with E-state index in [4.69, 9.17) is 0 Å². The molecule has 0 spiro atoms. The van der Waals surface area contributed by atoms with Crippen molar-refractivity contribution >= 4 is 17.4 Å². The topological polar surface area (TPSA) is 66.9 Å². The van der Waals surface area contributed by atoms with Gasteiger partial charge in [0.05, 0.1) is 5.56 Å². The van der Waals surface area contributed by atoms with Crippen LogP contribution in [0.25, 0.3) is 0 Å². The Bertz CT molecular complexity index is 974. The van der Waals surface area contributed by atoms with Gasteiger partial charge in [-0.2, -0.15) is 13.2 Å². The lowest BCUT2D eigenvalue weighted by Gasteiger charge is -2.10. The molecule has 144 valence electrons. The Balaban J connectivity index is 1.66. The first-order valence-corrected chi connectivity index (χ1v) is 8.11. The Morgan fingerprint density at radius 3 is 2.39 bits per heavy atom. The third-order valence-electron chi connectivity index (χ3n) is 3.78. The monoisotopic (exact) mass is 390 g/mol.